The van der Waals surface area contributed by atoms with E-state index in [1.54, 1.807) is 0 Å². The summed E-state index contributed by atoms with van der Waals surface area (Å²) in [6.45, 7) is 0. The van der Waals surface area contributed by atoms with Crippen LogP contribution in [0.25, 0.3) is 0 Å². The predicted octanol–water partition coefficient (Wildman–Crippen LogP) is 1.46. The molecule has 0 bridgehead atoms. The molecule has 2 rings (SSSR count). The van der Waals surface area contributed by atoms with Crippen LogP contribution in [0.2, 0.25) is 0 Å². The van der Waals surface area contributed by atoms with Gasteiger partial charge in [-0.1, -0.05) is 12.1 Å². The van der Waals surface area contributed by atoms with E-state index in [-0.39, 0.29) is 23.1 Å². The van der Waals surface area contributed by atoms with Crippen molar-refractivity contribution in [3.05, 3.63) is 34.9 Å². The fourth-order valence-corrected chi connectivity index (χ4v) is 2.00. The van der Waals surface area contributed by atoms with Crippen molar-refractivity contribution >= 4 is 17.9 Å². The lowest BCUT2D eigenvalue weighted by molar-refractivity contribution is -0.141. The molecule has 94 valence electrons. The Morgan fingerprint density at radius 2 is 1.94 bits per heavy atom. The van der Waals surface area contributed by atoms with Crippen LogP contribution in [0.3, 0.4) is 0 Å². The van der Waals surface area contributed by atoms with Crippen LogP contribution in [0.5, 0.6) is 0 Å². The first kappa shape index (κ1) is 12.1. The highest BCUT2D eigenvalue weighted by molar-refractivity contribution is 6.03. The van der Waals surface area contributed by atoms with E-state index in [0.29, 0.717) is 6.42 Å². The standard InChI is InChI=1S/C12H10O6/c13-9-5-4-8(18-9)6-2-1-3-7(11(14)15)10(6)12(16)17/h1-3,8H,4-5H2,(H,14,15)(H,16,17). The Bertz CT molecular complexity index is 533. The smallest absolute Gasteiger partial charge is 0.336 e. The van der Waals surface area contributed by atoms with Gasteiger partial charge < -0.3 is 14.9 Å². The lowest BCUT2D eigenvalue weighted by atomic mass is 9.96. The van der Waals surface area contributed by atoms with Gasteiger partial charge >= 0.3 is 17.9 Å². The van der Waals surface area contributed by atoms with Gasteiger partial charge in [0.15, 0.2) is 0 Å². The highest BCUT2D eigenvalue weighted by Crippen LogP contribution is 2.32. The third-order valence-corrected chi connectivity index (χ3v) is 2.77. The van der Waals surface area contributed by atoms with Gasteiger partial charge in [0.25, 0.3) is 0 Å². The third kappa shape index (κ3) is 2.04. The van der Waals surface area contributed by atoms with Gasteiger partial charge in [-0.3, -0.25) is 4.79 Å². The van der Waals surface area contributed by atoms with Gasteiger partial charge in [0.1, 0.15) is 6.10 Å². The van der Waals surface area contributed by atoms with Crippen LogP contribution < -0.4 is 0 Å². The van der Waals surface area contributed by atoms with E-state index in [2.05, 4.69) is 0 Å². The first-order valence-corrected chi connectivity index (χ1v) is 5.29. The molecule has 2 N–H and O–H groups in total. The maximum absolute atomic E-state index is 11.2. The zero-order valence-electron chi connectivity index (χ0n) is 9.25. The average Bonchev–Trinajstić information content (AvgIpc) is 2.74. The Balaban J connectivity index is 2.53. The van der Waals surface area contributed by atoms with Crippen molar-refractivity contribution < 1.29 is 29.3 Å². The largest absolute Gasteiger partial charge is 0.478 e. The zero-order chi connectivity index (χ0) is 13.3. The van der Waals surface area contributed by atoms with Crippen LogP contribution in [0.4, 0.5) is 0 Å². The zero-order valence-corrected chi connectivity index (χ0v) is 9.25. The van der Waals surface area contributed by atoms with E-state index in [4.69, 9.17) is 14.9 Å². The Labute approximate surface area is 102 Å². The van der Waals surface area contributed by atoms with Crippen LogP contribution in [0, 0.1) is 0 Å². The molecule has 1 aromatic rings. The Morgan fingerprint density at radius 3 is 2.44 bits per heavy atom. The molecule has 6 heteroatoms. The number of carboxylic acids is 2. The first-order valence-electron chi connectivity index (χ1n) is 5.29. The normalized spacial score (nSPS) is 18.4. The van der Waals surface area contributed by atoms with E-state index >= 15 is 0 Å². The molecule has 18 heavy (non-hydrogen) atoms. The predicted molar refractivity (Wildman–Crippen MR) is 58.4 cm³/mol. The van der Waals surface area contributed by atoms with E-state index in [0.717, 1.165) is 0 Å². The van der Waals surface area contributed by atoms with Crippen molar-refractivity contribution in [1.29, 1.82) is 0 Å². The van der Waals surface area contributed by atoms with Crippen LogP contribution >= 0.6 is 0 Å². The number of carboxylic acid groups (broad SMARTS) is 2. The molecule has 0 amide bonds. The van der Waals surface area contributed by atoms with Crippen LogP contribution in [-0.4, -0.2) is 28.1 Å². The Morgan fingerprint density at radius 1 is 1.22 bits per heavy atom. The molecule has 6 nitrogen and oxygen atoms in total. The van der Waals surface area contributed by atoms with Gasteiger partial charge in [-0.2, -0.15) is 0 Å². The topological polar surface area (TPSA) is 101 Å². The summed E-state index contributed by atoms with van der Waals surface area (Å²) in [5.74, 6) is -3.07. The molecule has 1 aromatic carbocycles. The number of cyclic esters (lactones) is 1. The molecule has 0 aromatic heterocycles. The van der Waals surface area contributed by atoms with Crippen molar-refractivity contribution in [2.24, 2.45) is 0 Å². The molecule has 1 heterocycles. The summed E-state index contributed by atoms with van der Waals surface area (Å²) in [6.07, 6.45) is -0.105. The molecule has 1 saturated heterocycles. The maximum atomic E-state index is 11.2. The van der Waals surface area contributed by atoms with Gasteiger partial charge in [0.05, 0.1) is 11.1 Å². The van der Waals surface area contributed by atoms with Crippen molar-refractivity contribution in [3.8, 4) is 0 Å². The minimum absolute atomic E-state index is 0.209. The van der Waals surface area contributed by atoms with Gasteiger partial charge in [0.2, 0.25) is 0 Å². The fourth-order valence-electron chi connectivity index (χ4n) is 2.00. The van der Waals surface area contributed by atoms with Gasteiger partial charge in [-0.15, -0.1) is 0 Å². The van der Waals surface area contributed by atoms with Gasteiger partial charge in [-0.05, 0) is 12.5 Å². The van der Waals surface area contributed by atoms with E-state index in [9.17, 15) is 14.4 Å². The molecule has 1 aliphatic heterocycles. The minimum Gasteiger partial charge on any atom is -0.478 e. The summed E-state index contributed by atoms with van der Waals surface area (Å²) in [6, 6.07) is 4.13. The SMILES string of the molecule is O=C1CCC(c2cccc(C(=O)O)c2C(=O)O)O1. The second kappa shape index (κ2) is 4.48. The van der Waals surface area contributed by atoms with Gasteiger partial charge in [-0.25, -0.2) is 9.59 Å². The number of carbonyl (C=O) groups is 3. The van der Waals surface area contributed by atoms with Crippen molar-refractivity contribution in [2.45, 2.75) is 18.9 Å². The lowest BCUT2D eigenvalue weighted by Crippen LogP contribution is -2.13. The molecular weight excluding hydrogens is 240 g/mol. The molecule has 0 radical (unpaired) electrons. The summed E-state index contributed by atoms with van der Waals surface area (Å²) in [5, 5.41) is 18.1. The molecule has 0 saturated carbocycles. The number of hydrogen-bond donors (Lipinski definition) is 2. The highest BCUT2D eigenvalue weighted by atomic mass is 16.5. The average molecular weight is 250 g/mol. The number of hydrogen-bond acceptors (Lipinski definition) is 4. The quantitative estimate of drug-likeness (QED) is 0.787. The molecule has 1 atom stereocenters. The monoisotopic (exact) mass is 250 g/mol. The van der Waals surface area contributed by atoms with Crippen LogP contribution in [0.1, 0.15) is 45.2 Å². The summed E-state index contributed by atoms with van der Waals surface area (Å²) in [4.78, 5) is 33.2. The number of esters is 1. The number of carbonyl (C=O) groups excluding carboxylic acids is 1. The van der Waals surface area contributed by atoms with Crippen LogP contribution in [-0.2, 0) is 9.53 Å². The fraction of sp³-hybridized carbons (Fsp3) is 0.250. The molecule has 1 aliphatic rings. The van der Waals surface area contributed by atoms with Crippen molar-refractivity contribution in [3.63, 3.8) is 0 Å². The van der Waals surface area contributed by atoms with E-state index in [1.165, 1.54) is 18.2 Å². The van der Waals surface area contributed by atoms with E-state index in [1.807, 2.05) is 0 Å². The first-order chi connectivity index (χ1) is 8.50. The van der Waals surface area contributed by atoms with E-state index < -0.39 is 24.0 Å². The third-order valence-electron chi connectivity index (χ3n) is 2.77. The minimum atomic E-state index is -1.34. The number of rotatable bonds is 3. The second-order valence-corrected chi connectivity index (χ2v) is 3.90. The Hall–Kier alpha value is -2.37. The van der Waals surface area contributed by atoms with Crippen molar-refractivity contribution in [1.82, 2.24) is 0 Å². The summed E-state index contributed by atoms with van der Waals surface area (Å²) in [5.41, 5.74) is -0.388. The maximum Gasteiger partial charge on any atom is 0.336 e. The molecule has 0 spiro atoms. The number of aromatic carboxylic acids is 2. The molecular formula is C12H10O6. The number of ether oxygens (including phenoxy) is 1. The summed E-state index contributed by atoms with van der Waals surface area (Å²) >= 11 is 0. The van der Waals surface area contributed by atoms with Crippen molar-refractivity contribution in [2.75, 3.05) is 0 Å². The molecule has 1 unspecified atom stereocenters. The molecule has 1 fully saturated rings. The highest BCUT2D eigenvalue weighted by Gasteiger charge is 2.30. The van der Waals surface area contributed by atoms with Gasteiger partial charge in [0, 0.05) is 12.0 Å². The summed E-state index contributed by atoms with van der Waals surface area (Å²) < 4.78 is 4.98. The molecule has 0 aliphatic carbocycles. The lowest BCUT2D eigenvalue weighted by Gasteiger charge is -2.14. The summed E-state index contributed by atoms with van der Waals surface area (Å²) in [7, 11) is 0. The van der Waals surface area contributed by atoms with Crippen LogP contribution in [0.15, 0.2) is 18.2 Å². The second-order valence-electron chi connectivity index (χ2n) is 3.90. The Kier molecular flexibility index (Phi) is 3.01. The number of benzene rings is 1.